The third kappa shape index (κ3) is 4.32. The van der Waals surface area contributed by atoms with E-state index in [-0.39, 0.29) is 30.6 Å². The largest absolute Gasteiger partial charge is 0.494 e. The average Bonchev–Trinajstić information content (AvgIpc) is 3.60. The zero-order valence-corrected chi connectivity index (χ0v) is 20.8. The molecule has 1 fully saturated rings. The molecule has 1 aromatic carbocycles. The van der Waals surface area contributed by atoms with Crippen LogP contribution in [-0.2, 0) is 11.2 Å². The summed E-state index contributed by atoms with van der Waals surface area (Å²) in [6.07, 6.45) is 3.66. The lowest BCUT2D eigenvalue weighted by Crippen LogP contribution is -2.56. The van der Waals surface area contributed by atoms with Gasteiger partial charge in [-0.1, -0.05) is 25.1 Å². The van der Waals surface area contributed by atoms with E-state index in [4.69, 9.17) is 4.74 Å². The van der Waals surface area contributed by atoms with Crippen molar-refractivity contribution in [1.82, 2.24) is 34.9 Å². The van der Waals surface area contributed by atoms with Gasteiger partial charge in [0.25, 0.3) is 17.6 Å². The fourth-order valence-corrected chi connectivity index (χ4v) is 4.63. The molecule has 11 nitrogen and oxygen atoms in total. The highest BCUT2D eigenvalue weighted by atomic mass is 16.5. The van der Waals surface area contributed by atoms with E-state index in [1.807, 2.05) is 32.0 Å². The van der Waals surface area contributed by atoms with Crippen LogP contribution in [0.3, 0.4) is 0 Å². The molecule has 1 atom stereocenters. The van der Waals surface area contributed by atoms with E-state index in [2.05, 4.69) is 25.1 Å². The summed E-state index contributed by atoms with van der Waals surface area (Å²) in [5.41, 5.74) is 1.73. The number of aromatic nitrogens is 5. The second-order valence-corrected chi connectivity index (χ2v) is 8.88. The number of methoxy groups -OCH3 is 1. The maximum absolute atomic E-state index is 13.4. The molecule has 0 bridgehead atoms. The molecule has 37 heavy (non-hydrogen) atoms. The number of ketones is 1. The van der Waals surface area contributed by atoms with Crippen molar-refractivity contribution >= 4 is 28.5 Å². The number of H-pyrrole nitrogens is 2. The Morgan fingerprint density at radius 3 is 2.62 bits per heavy atom. The minimum absolute atomic E-state index is 0.0915. The Hall–Kier alpha value is -4.54. The van der Waals surface area contributed by atoms with Crippen molar-refractivity contribution in [2.75, 3.05) is 26.7 Å². The Kier molecular flexibility index (Phi) is 6.43. The summed E-state index contributed by atoms with van der Waals surface area (Å²) in [5.74, 6) is 0.0507. The molecule has 2 N–H and O–H groups in total. The molecule has 2 amide bonds. The van der Waals surface area contributed by atoms with E-state index in [1.165, 1.54) is 24.4 Å². The summed E-state index contributed by atoms with van der Waals surface area (Å²) < 4.78 is 5.47. The molecule has 0 saturated carbocycles. The van der Waals surface area contributed by atoms with E-state index in [0.29, 0.717) is 52.5 Å². The lowest BCUT2D eigenvalue weighted by molar-refractivity contribution is -0.128. The molecule has 0 spiro atoms. The van der Waals surface area contributed by atoms with Gasteiger partial charge in [0.05, 0.1) is 29.8 Å². The topological polar surface area (TPSA) is 137 Å². The van der Waals surface area contributed by atoms with Gasteiger partial charge in [-0.2, -0.15) is 5.10 Å². The highest BCUT2D eigenvalue weighted by molar-refractivity contribution is 6.45. The molecule has 11 heteroatoms. The smallest absolute Gasteiger partial charge is 0.295 e. The van der Waals surface area contributed by atoms with Crippen LogP contribution in [0.2, 0.25) is 0 Å². The van der Waals surface area contributed by atoms with Crippen LogP contribution in [-0.4, -0.2) is 85.3 Å². The number of carbonyl (C=O) groups is 3. The number of nitrogens with zero attached hydrogens (tertiary/aromatic N) is 5. The van der Waals surface area contributed by atoms with E-state index in [0.717, 1.165) is 0 Å². The first kappa shape index (κ1) is 24.2. The van der Waals surface area contributed by atoms with Gasteiger partial charge in [-0.15, -0.1) is 0 Å². The number of benzene rings is 1. The van der Waals surface area contributed by atoms with Crippen LogP contribution in [0.5, 0.6) is 5.75 Å². The van der Waals surface area contributed by atoms with Gasteiger partial charge in [-0.3, -0.25) is 19.5 Å². The fourth-order valence-electron chi connectivity index (χ4n) is 4.63. The summed E-state index contributed by atoms with van der Waals surface area (Å²) in [4.78, 5) is 54.8. The minimum atomic E-state index is -0.666. The molecule has 4 aromatic rings. The third-order valence-corrected chi connectivity index (χ3v) is 6.61. The van der Waals surface area contributed by atoms with Crippen molar-refractivity contribution in [3.63, 3.8) is 0 Å². The number of carbonyl (C=O) groups excluding carboxylic acids is 3. The second-order valence-electron chi connectivity index (χ2n) is 8.88. The SMILES string of the molecule is CCc1nc(-c2ncc(OC)c3c(C(=O)C(=O)N4CCN(C(=O)c5ccccc5)[C@H](C)C4)c[nH]c23)n[nH]1. The van der Waals surface area contributed by atoms with Gasteiger partial charge in [0.15, 0.2) is 0 Å². The predicted molar refractivity (Wildman–Crippen MR) is 135 cm³/mol. The first-order valence-electron chi connectivity index (χ1n) is 12.1. The lowest BCUT2D eigenvalue weighted by Gasteiger charge is -2.39. The number of aryl methyl sites for hydroxylation is 1. The Morgan fingerprint density at radius 2 is 1.95 bits per heavy atom. The molecule has 0 unspecified atom stereocenters. The summed E-state index contributed by atoms with van der Waals surface area (Å²) in [6, 6.07) is 8.78. The Morgan fingerprint density at radius 1 is 1.16 bits per heavy atom. The Labute approximate surface area is 212 Å². The average molecular weight is 502 g/mol. The molecule has 0 aliphatic carbocycles. The first-order valence-corrected chi connectivity index (χ1v) is 12.1. The van der Waals surface area contributed by atoms with Crippen LogP contribution in [0.4, 0.5) is 0 Å². The molecule has 3 aromatic heterocycles. The molecule has 190 valence electrons. The van der Waals surface area contributed by atoms with E-state index < -0.39 is 11.7 Å². The van der Waals surface area contributed by atoms with Gasteiger partial charge < -0.3 is 19.5 Å². The standard InChI is InChI=1S/C26H27N7O4/c1-4-19-29-24(31-30-19)22-21-20(18(37-3)13-28-22)17(12-27-21)23(34)26(36)32-10-11-33(15(2)14-32)25(35)16-8-6-5-7-9-16/h5-9,12-13,15,27H,4,10-11,14H2,1-3H3,(H,29,30,31)/t15-/m1/s1. The Balaban J connectivity index is 1.39. The predicted octanol–water partition coefficient (Wildman–Crippen LogP) is 2.47. The number of fused-ring (bicyclic) bond motifs is 1. The quantitative estimate of drug-likeness (QED) is 0.306. The number of rotatable bonds is 6. The van der Waals surface area contributed by atoms with Crippen molar-refractivity contribution < 1.29 is 19.1 Å². The molecule has 1 aliphatic rings. The number of piperazine rings is 1. The van der Waals surface area contributed by atoms with Crippen LogP contribution in [0.25, 0.3) is 22.4 Å². The van der Waals surface area contributed by atoms with Crippen LogP contribution in [0, 0.1) is 0 Å². The molecule has 0 radical (unpaired) electrons. The van der Waals surface area contributed by atoms with Gasteiger partial charge in [0.2, 0.25) is 5.82 Å². The van der Waals surface area contributed by atoms with Crippen LogP contribution in [0.15, 0.2) is 42.7 Å². The van der Waals surface area contributed by atoms with Gasteiger partial charge in [0.1, 0.15) is 17.3 Å². The second kappa shape index (κ2) is 9.84. The number of pyridine rings is 1. The summed E-state index contributed by atoms with van der Waals surface area (Å²) in [7, 11) is 1.48. The number of hydrogen-bond donors (Lipinski definition) is 2. The zero-order valence-electron chi connectivity index (χ0n) is 20.8. The number of Topliss-reactive ketones (excluding diaryl/α,β-unsaturated/α-hetero) is 1. The van der Waals surface area contributed by atoms with Crippen molar-refractivity contribution in [3.8, 4) is 17.3 Å². The number of amides is 2. The van der Waals surface area contributed by atoms with Crippen molar-refractivity contribution in [3.05, 3.63) is 59.7 Å². The third-order valence-electron chi connectivity index (χ3n) is 6.61. The highest BCUT2D eigenvalue weighted by Gasteiger charge is 2.34. The summed E-state index contributed by atoms with van der Waals surface area (Å²) in [6.45, 7) is 4.68. The maximum atomic E-state index is 13.4. The molecule has 4 heterocycles. The van der Waals surface area contributed by atoms with Gasteiger partial charge in [-0.25, -0.2) is 9.97 Å². The van der Waals surface area contributed by atoms with Crippen LogP contribution < -0.4 is 4.74 Å². The molecule has 1 aliphatic heterocycles. The Bertz CT molecular complexity index is 1480. The maximum Gasteiger partial charge on any atom is 0.295 e. The van der Waals surface area contributed by atoms with E-state index in [1.54, 1.807) is 17.0 Å². The van der Waals surface area contributed by atoms with Crippen molar-refractivity contribution in [2.24, 2.45) is 0 Å². The summed E-state index contributed by atoms with van der Waals surface area (Å²) >= 11 is 0. The molecular formula is C26H27N7O4. The van der Waals surface area contributed by atoms with E-state index in [9.17, 15) is 14.4 Å². The number of nitrogens with one attached hydrogen (secondary N) is 2. The minimum Gasteiger partial charge on any atom is -0.494 e. The first-order chi connectivity index (χ1) is 17.9. The van der Waals surface area contributed by atoms with Gasteiger partial charge in [-0.05, 0) is 19.1 Å². The number of ether oxygens (including phenoxy) is 1. The van der Waals surface area contributed by atoms with Crippen molar-refractivity contribution in [1.29, 1.82) is 0 Å². The molecule has 1 saturated heterocycles. The van der Waals surface area contributed by atoms with Crippen LogP contribution in [0.1, 0.15) is 40.4 Å². The van der Waals surface area contributed by atoms with Gasteiger partial charge in [0, 0.05) is 43.9 Å². The number of aromatic amines is 2. The molecular weight excluding hydrogens is 474 g/mol. The summed E-state index contributed by atoms with van der Waals surface area (Å²) in [5, 5.41) is 7.53. The van der Waals surface area contributed by atoms with Crippen LogP contribution >= 0.6 is 0 Å². The van der Waals surface area contributed by atoms with E-state index >= 15 is 0 Å². The van der Waals surface area contributed by atoms with Gasteiger partial charge >= 0.3 is 0 Å². The highest BCUT2D eigenvalue weighted by Crippen LogP contribution is 2.34. The number of hydrogen-bond acceptors (Lipinski definition) is 7. The normalized spacial score (nSPS) is 15.7. The fraction of sp³-hybridized carbons (Fsp3) is 0.308. The zero-order chi connectivity index (χ0) is 26.1. The van der Waals surface area contributed by atoms with Crippen molar-refractivity contribution in [2.45, 2.75) is 26.3 Å². The lowest BCUT2D eigenvalue weighted by atomic mass is 10.1. The molecule has 5 rings (SSSR count). The monoisotopic (exact) mass is 501 g/mol.